The molecule has 2 aromatic carbocycles. The van der Waals surface area contributed by atoms with E-state index in [-0.39, 0.29) is 24.4 Å². The molecular weight excluding hydrogens is 441 g/mol. The molecule has 33 heavy (non-hydrogen) atoms. The monoisotopic (exact) mass is 458 g/mol. The van der Waals surface area contributed by atoms with Gasteiger partial charge < -0.3 is 4.74 Å². The summed E-state index contributed by atoms with van der Waals surface area (Å²) in [5, 5.41) is 11.4. The lowest BCUT2D eigenvalue weighted by atomic mass is 9.91. The normalized spacial score (nSPS) is 19.8. The van der Waals surface area contributed by atoms with Crippen LogP contribution in [-0.4, -0.2) is 28.9 Å². The molecular formula is C23H17F3N2O5. The number of ether oxygens (including phenoxy) is 1. The number of hydrogen-bond acceptors (Lipinski definition) is 5. The summed E-state index contributed by atoms with van der Waals surface area (Å²) in [6.45, 7) is -0.150. The van der Waals surface area contributed by atoms with Crippen LogP contribution in [0.1, 0.15) is 11.1 Å². The summed E-state index contributed by atoms with van der Waals surface area (Å²) < 4.78 is 45.0. The van der Waals surface area contributed by atoms with Gasteiger partial charge in [0.25, 0.3) is 5.69 Å². The number of nitrogens with zero attached hydrogens (tertiary/aromatic N) is 2. The van der Waals surface area contributed by atoms with Crippen LogP contribution in [-0.2, 0) is 26.9 Å². The van der Waals surface area contributed by atoms with Crippen molar-refractivity contribution in [1.82, 2.24) is 0 Å². The second-order valence-corrected chi connectivity index (χ2v) is 7.64. The Morgan fingerprint density at radius 2 is 1.76 bits per heavy atom. The predicted molar refractivity (Wildman–Crippen MR) is 111 cm³/mol. The average molecular weight is 458 g/mol. The molecule has 7 nitrogen and oxygen atoms in total. The molecule has 1 atom stereocenters. The number of carbonyl (C=O) groups is 2. The lowest BCUT2D eigenvalue weighted by Gasteiger charge is -2.46. The molecule has 2 aromatic rings. The lowest BCUT2D eigenvalue weighted by molar-refractivity contribution is -0.385. The number of ketones is 1. The minimum absolute atomic E-state index is 0.0104. The van der Waals surface area contributed by atoms with Crippen LogP contribution >= 0.6 is 0 Å². The van der Waals surface area contributed by atoms with E-state index in [1.165, 1.54) is 29.2 Å². The van der Waals surface area contributed by atoms with Gasteiger partial charge in [0.1, 0.15) is 0 Å². The Balaban J connectivity index is 1.70. The van der Waals surface area contributed by atoms with Crippen LogP contribution in [0.25, 0.3) is 0 Å². The fourth-order valence-corrected chi connectivity index (χ4v) is 3.88. The molecule has 0 aromatic heterocycles. The zero-order valence-electron chi connectivity index (χ0n) is 17.0. The third-order valence-corrected chi connectivity index (χ3v) is 5.50. The van der Waals surface area contributed by atoms with Crippen molar-refractivity contribution in [3.05, 3.63) is 94.1 Å². The van der Waals surface area contributed by atoms with Gasteiger partial charge in [-0.1, -0.05) is 24.3 Å². The quantitative estimate of drug-likeness (QED) is 0.505. The first kappa shape index (κ1) is 22.4. The Morgan fingerprint density at radius 3 is 2.36 bits per heavy atom. The fourth-order valence-electron chi connectivity index (χ4n) is 3.88. The maximum atomic E-state index is 13.5. The Labute approximate surface area is 185 Å². The van der Waals surface area contributed by atoms with Crippen molar-refractivity contribution in [1.29, 1.82) is 0 Å². The standard InChI is InChI=1S/C23H17F3N2O5/c24-23(25,26)17-7-6-15(20(13-17)28(31)32)12-16-14-33-22(10-8-19(29)9-11-22)27(21(16)30)18-4-2-1-3-5-18/h1-11,13,16H,12,14H2. The number of rotatable bonds is 4. The number of halogens is 3. The lowest BCUT2D eigenvalue weighted by Crippen LogP contribution is -2.60. The number of allylic oxidation sites excluding steroid dienone is 2. The van der Waals surface area contributed by atoms with Crippen molar-refractivity contribution in [2.75, 3.05) is 11.5 Å². The smallest absolute Gasteiger partial charge is 0.347 e. The summed E-state index contributed by atoms with van der Waals surface area (Å²) in [7, 11) is 0. The Hall–Kier alpha value is -3.79. The van der Waals surface area contributed by atoms with Gasteiger partial charge in [0.2, 0.25) is 5.91 Å². The molecule has 1 spiro atoms. The van der Waals surface area contributed by atoms with Crippen LogP contribution in [0, 0.1) is 16.0 Å². The van der Waals surface area contributed by atoms with Gasteiger partial charge in [0.05, 0.1) is 23.0 Å². The maximum absolute atomic E-state index is 13.5. The molecule has 10 heteroatoms. The highest BCUT2D eigenvalue weighted by molar-refractivity contribution is 6.03. The van der Waals surface area contributed by atoms with Gasteiger partial charge in [0.15, 0.2) is 11.5 Å². The van der Waals surface area contributed by atoms with Crippen molar-refractivity contribution in [2.45, 2.75) is 18.3 Å². The van der Waals surface area contributed by atoms with Crippen molar-refractivity contribution < 1.29 is 32.4 Å². The SMILES string of the molecule is O=C1C=CC2(C=C1)OCC(Cc1ccc(C(F)(F)F)cc1[N+](=O)[O-])C(=O)N2c1ccccc1. The van der Waals surface area contributed by atoms with Crippen LogP contribution in [0.5, 0.6) is 0 Å². The number of para-hydroxylation sites is 1. The van der Waals surface area contributed by atoms with Gasteiger partial charge in [0, 0.05) is 17.3 Å². The van der Waals surface area contributed by atoms with Crippen LogP contribution < -0.4 is 4.90 Å². The molecule has 1 unspecified atom stereocenters. The third kappa shape index (κ3) is 4.29. The minimum atomic E-state index is -4.74. The van der Waals surface area contributed by atoms with E-state index in [4.69, 9.17) is 4.74 Å². The summed E-state index contributed by atoms with van der Waals surface area (Å²) >= 11 is 0. The number of carbonyl (C=O) groups excluding carboxylic acids is 2. The highest BCUT2D eigenvalue weighted by Gasteiger charge is 2.47. The van der Waals surface area contributed by atoms with E-state index in [1.54, 1.807) is 30.3 Å². The van der Waals surface area contributed by atoms with E-state index < -0.39 is 39.9 Å². The highest BCUT2D eigenvalue weighted by atomic mass is 19.4. The summed E-state index contributed by atoms with van der Waals surface area (Å²) in [4.78, 5) is 37.1. The molecule has 1 amide bonds. The third-order valence-electron chi connectivity index (χ3n) is 5.50. The minimum Gasteiger partial charge on any atom is -0.347 e. The molecule has 1 heterocycles. The van der Waals surface area contributed by atoms with Gasteiger partial charge in [-0.15, -0.1) is 0 Å². The molecule has 0 saturated carbocycles. The van der Waals surface area contributed by atoms with E-state index in [0.717, 1.165) is 12.1 Å². The maximum Gasteiger partial charge on any atom is 0.416 e. The van der Waals surface area contributed by atoms with Crippen molar-refractivity contribution in [3.63, 3.8) is 0 Å². The molecule has 1 fully saturated rings. The second-order valence-electron chi connectivity index (χ2n) is 7.64. The second kappa shape index (κ2) is 8.28. The molecule has 0 bridgehead atoms. The summed E-state index contributed by atoms with van der Waals surface area (Å²) in [5.41, 5.74) is -2.75. The summed E-state index contributed by atoms with van der Waals surface area (Å²) in [6, 6.07) is 10.8. The van der Waals surface area contributed by atoms with Crippen LogP contribution in [0.15, 0.2) is 72.8 Å². The number of anilines is 1. The van der Waals surface area contributed by atoms with E-state index in [0.29, 0.717) is 11.8 Å². The number of alkyl halides is 3. The topological polar surface area (TPSA) is 89.7 Å². The fraction of sp³-hybridized carbons (Fsp3) is 0.217. The molecule has 1 saturated heterocycles. The van der Waals surface area contributed by atoms with Gasteiger partial charge >= 0.3 is 6.18 Å². The molecule has 0 N–H and O–H groups in total. The predicted octanol–water partition coefficient (Wildman–Crippen LogP) is 4.23. The molecule has 2 aliphatic rings. The van der Waals surface area contributed by atoms with E-state index in [9.17, 15) is 32.9 Å². The number of nitro benzene ring substituents is 1. The van der Waals surface area contributed by atoms with E-state index in [1.807, 2.05) is 0 Å². The largest absolute Gasteiger partial charge is 0.416 e. The van der Waals surface area contributed by atoms with Crippen molar-refractivity contribution in [2.24, 2.45) is 5.92 Å². The molecule has 1 aliphatic carbocycles. The van der Waals surface area contributed by atoms with E-state index >= 15 is 0 Å². The van der Waals surface area contributed by atoms with Gasteiger partial charge in [-0.3, -0.25) is 24.6 Å². The number of amides is 1. The van der Waals surface area contributed by atoms with Crippen molar-refractivity contribution in [3.8, 4) is 0 Å². The van der Waals surface area contributed by atoms with Crippen molar-refractivity contribution >= 4 is 23.1 Å². The number of nitro groups is 1. The molecule has 1 aliphatic heterocycles. The molecule has 0 radical (unpaired) electrons. The average Bonchev–Trinajstić information content (AvgIpc) is 2.78. The van der Waals surface area contributed by atoms with Crippen LogP contribution in [0.3, 0.4) is 0 Å². The Bertz CT molecular complexity index is 1160. The van der Waals surface area contributed by atoms with E-state index in [2.05, 4.69) is 0 Å². The molecule has 170 valence electrons. The first-order valence-electron chi connectivity index (χ1n) is 9.91. The van der Waals surface area contributed by atoms with Crippen LogP contribution in [0.2, 0.25) is 0 Å². The zero-order chi connectivity index (χ0) is 23.8. The Morgan fingerprint density at radius 1 is 1.09 bits per heavy atom. The summed E-state index contributed by atoms with van der Waals surface area (Å²) in [5.74, 6) is -1.61. The highest BCUT2D eigenvalue weighted by Crippen LogP contribution is 2.38. The first-order chi connectivity index (χ1) is 15.6. The van der Waals surface area contributed by atoms with Gasteiger partial charge in [-0.25, -0.2) is 0 Å². The van der Waals surface area contributed by atoms with Gasteiger partial charge in [-0.2, -0.15) is 13.2 Å². The first-order valence-corrected chi connectivity index (χ1v) is 9.91. The summed E-state index contributed by atoms with van der Waals surface area (Å²) in [6.07, 6.45) is 0.544. The van der Waals surface area contributed by atoms with Gasteiger partial charge in [-0.05, 0) is 48.9 Å². The Kier molecular flexibility index (Phi) is 5.62. The zero-order valence-corrected chi connectivity index (χ0v) is 17.0. The molecule has 4 rings (SSSR count). The van der Waals surface area contributed by atoms with Crippen LogP contribution in [0.4, 0.5) is 24.5 Å². The number of hydrogen-bond donors (Lipinski definition) is 0. The number of benzene rings is 2.